The van der Waals surface area contributed by atoms with Crippen molar-refractivity contribution < 1.29 is 27.1 Å². The SMILES string of the molecule is O=C(Oc1ccc(F)cc1)c1cc(S(=O)(=O)N2CCOCC2)ccc1N1CCCCC1. The van der Waals surface area contributed by atoms with Crippen molar-refractivity contribution in [2.24, 2.45) is 0 Å². The molecule has 2 heterocycles. The lowest BCUT2D eigenvalue weighted by atomic mass is 10.1. The number of nitrogens with zero attached hydrogens (tertiary/aromatic N) is 2. The van der Waals surface area contributed by atoms with Gasteiger partial charge in [-0.25, -0.2) is 17.6 Å². The van der Waals surface area contributed by atoms with Crippen molar-refractivity contribution in [2.75, 3.05) is 44.3 Å². The predicted molar refractivity (Wildman–Crippen MR) is 113 cm³/mol. The van der Waals surface area contributed by atoms with E-state index in [2.05, 4.69) is 4.90 Å². The standard InChI is InChI=1S/C22H25FN2O5S/c23-17-4-6-18(7-5-17)30-22(26)20-16-19(31(27,28)25-12-14-29-15-13-25)8-9-21(20)24-10-2-1-3-11-24/h4-9,16H,1-3,10-15H2. The van der Waals surface area contributed by atoms with Gasteiger partial charge in [0, 0.05) is 26.2 Å². The zero-order valence-corrected chi connectivity index (χ0v) is 17.9. The Morgan fingerprint density at radius 2 is 1.61 bits per heavy atom. The summed E-state index contributed by atoms with van der Waals surface area (Å²) in [5, 5.41) is 0. The van der Waals surface area contributed by atoms with E-state index in [9.17, 15) is 17.6 Å². The normalized spacial score (nSPS) is 18.0. The van der Waals surface area contributed by atoms with Gasteiger partial charge in [-0.15, -0.1) is 0 Å². The molecule has 9 heteroatoms. The number of carbonyl (C=O) groups is 1. The lowest BCUT2D eigenvalue weighted by molar-refractivity contribution is 0.0727. The highest BCUT2D eigenvalue weighted by molar-refractivity contribution is 7.89. The van der Waals surface area contributed by atoms with E-state index in [1.165, 1.54) is 34.6 Å². The molecular weight excluding hydrogens is 423 g/mol. The van der Waals surface area contributed by atoms with Gasteiger partial charge < -0.3 is 14.4 Å². The van der Waals surface area contributed by atoms with E-state index < -0.39 is 21.8 Å². The number of benzene rings is 2. The second kappa shape index (κ2) is 9.33. The first-order valence-corrected chi connectivity index (χ1v) is 11.8. The second-order valence-electron chi connectivity index (χ2n) is 7.59. The number of ether oxygens (including phenoxy) is 2. The van der Waals surface area contributed by atoms with Gasteiger partial charge in [-0.2, -0.15) is 4.31 Å². The topological polar surface area (TPSA) is 76.2 Å². The van der Waals surface area contributed by atoms with Crippen LogP contribution in [0.25, 0.3) is 0 Å². The zero-order valence-electron chi connectivity index (χ0n) is 17.1. The van der Waals surface area contributed by atoms with E-state index in [0.29, 0.717) is 18.9 Å². The van der Waals surface area contributed by atoms with Crippen LogP contribution in [0.1, 0.15) is 29.6 Å². The first kappa shape index (κ1) is 21.7. The minimum absolute atomic E-state index is 0.0428. The van der Waals surface area contributed by atoms with Crippen LogP contribution in [-0.4, -0.2) is 58.1 Å². The summed E-state index contributed by atoms with van der Waals surface area (Å²) in [5.41, 5.74) is 0.827. The molecule has 31 heavy (non-hydrogen) atoms. The van der Waals surface area contributed by atoms with Crippen molar-refractivity contribution in [1.29, 1.82) is 0 Å². The molecule has 2 aliphatic rings. The van der Waals surface area contributed by atoms with Crippen LogP contribution in [0.15, 0.2) is 47.4 Å². The number of piperidine rings is 1. The molecule has 0 bridgehead atoms. The van der Waals surface area contributed by atoms with Gasteiger partial charge in [-0.05, 0) is 61.7 Å². The average Bonchev–Trinajstić information content (AvgIpc) is 2.81. The summed E-state index contributed by atoms with van der Waals surface area (Å²) in [7, 11) is -3.77. The number of morpholine rings is 1. The smallest absolute Gasteiger partial charge is 0.345 e. The van der Waals surface area contributed by atoms with Crippen molar-refractivity contribution in [3.63, 3.8) is 0 Å². The van der Waals surface area contributed by atoms with E-state index >= 15 is 0 Å². The van der Waals surface area contributed by atoms with Gasteiger partial charge in [-0.3, -0.25) is 0 Å². The van der Waals surface area contributed by atoms with Gasteiger partial charge in [-0.1, -0.05) is 0 Å². The van der Waals surface area contributed by atoms with Crippen LogP contribution < -0.4 is 9.64 Å². The van der Waals surface area contributed by atoms with Gasteiger partial charge in [0.15, 0.2) is 0 Å². The quantitative estimate of drug-likeness (QED) is 0.517. The minimum Gasteiger partial charge on any atom is -0.423 e. The molecule has 2 aromatic carbocycles. The summed E-state index contributed by atoms with van der Waals surface area (Å²) in [4.78, 5) is 15.2. The van der Waals surface area contributed by atoms with Crippen LogP contribution in [0.4, 0.5) is 10.1 Å². The first-order valence-electron chi connectivity index (χ1n) is 10.4. The minimum atomic E-state index is -3.77. The number of carbonyl (C=O) groups excluding carboxylic acids is 1. The summed E-state index contributed by atoms with van der Waals surface area (Å²) in [6, 6.07) is 9.75. The Bertz CT molecular complexity index is 1030. The fourth-order valence-electron chi connectivity index (χ4n) is 3.85. The van der Waals surface area contributed by atoms with Crippen LogP contribution in [-0.2, 0) is 14.8 Å². The fraction of sp³-hybridized carbons (Fsp3) is 0.409. The molecule has 0 unspecified atom stereocenters. The summed E-state index contributed by atoms with van der Waals surface area (Å²) in [6.45, 7) is 2.78. The number of sulfonamides is 1. The van der Waals surface area contributed by atoms with E-state index in [0.717, 1.165) is 32.4 Å². The molecule has 2 aliphatic heterocycles. The lowest BCUT2D eigenvalue weighted by Gasteiger charge is -2.31. The maximum Gasteiger partial charge on any atom is 0.345 e. The van der Waals surface area contributed by atoms with Crippen LogP contribution in [0, 0.1) is 5.82 Å². The monoisotopic (exact) mass is 448 g/mol. The Kier molecular flexibility index (Phi) is 6.54. The Morgan fingerprint density at radius 1 is 0.935 bits per heavy atom. The zero-order chi connectivity index (χ0) is 21.8. The Balaban J connectivity index is 1.69. The van der Waals surface area contributed by atoms with Crippen LogP contribution >= 0.6 is 0 Å². The third-order valence-corrected chi connectivity index (χ3v) is 7.41. The third-order valence-electron chi connectivity index (χ3n) is 5.52. The van der Waals surface area contributed by atoms with Crippen molar-refractivity contribution in [1.82, 2.24) is 4.31 Å². The Labute approximate surface area is 181 Å². The molecule has 2 fully saturated rings. The molecule has 2 saturated heterocycles. The summed E-state index contributed by atoms with van der Waals surface area (Å²) >= 11 is 0. The average molecular weight is 449 g/mol. The molecule has 2 aromatic rings. The largest absolute Gasteiger partial charge is 0.423 e. The summed E-state index contributed by atoms with van der Waals surface area (Å²) < 4.78 is 51.5. The van der Waals surface area contributed by atoms with Gasteiger partial charge in [0.2, 0.25) is 10.0 Å². The molecule has 7 nitrogen and oxygen atoms in total. The Morgan fingerprint density at radius 3 is 2.29 bits per heavy atom. The molecule has 0 aromatic heterocycles. The molecule has 0 atom stereocenters. The first-order chi connectivity index (χ1) is 14.9. The van der Waals surface area contributed by atoms with E-state index in [1.54, 1.807) is 12.1 Å². The van der Waals surface area contributed by atoms with E-state index in [1.807, 2.05) is 0 Å². The van der Waals surface area contributed by atoms with Gasteiger partial charge >= 0.3 is 5.97 Å². The highest BCUT2D eigenvalue weighted by Crippen LogP contribution is 2.29. The molecule has 0 radical (unpaired) electrons. The molecule has 0 amide bonds. The molecule has 0 N–H and O–H groups in total. The third kappa shape index (κ3) is 4.89. The maximum atomic E-state index is 13.2. The Hall–Kier alpha value is -2.49. The predicted octanol–water partition coefficient (Wildman–Crippen LogP) is 3.06. The highest BCUT2D eigenvalue weighted by atomic mass is 32.2. The molecule has 166 valence electrons. The summed E-state index contributed by atoms with van der Waals surface area (Å²) in [5.74, 6) is -0.920. The van der Waals surface area contributed by atoms with E-state index in [4.69, 9.17) is 9.47 Å². The summed E-state index contributed by atoms with van der Waals surface area (Å²) in [6.07, 6.45) is 3.12. The van der Waals surface area contributed by atoms with Crippen molar-refractivity contribution in [3.05, 3.63) is 53.8 Å². The fourth-order valence-corrected chi connectivity index (χ4v) is 5.29. The molecule has 0 spiro atoms. The van der Waals surface area contributed by atoms with Crippen LogP contribution in [0.2, 0.25) is 0 Å². The van der Waals surface area contributed by atoms with Crippen molar-refractivity contribution >= 4 is 21.7 Å². The lowest BCUT2D eigenvalue weighted by Crippen LogP contribution is -2.40. The second-order valence-corrected chi connectivity index (χ2v) is 9.52. The molecule has 4 rings (SSSR count). The van der Waals surface area contributed by atoms with Gasteiger partial charge in [0.25, 0.3) is 0 Å². The maximum absolute atomic E-state index is 13.2. The van der Waals surface area contributed by atoms with Crippen LogP contribution in [0.3, 0.4) is 0 Å². The molecule has 0 saturated carbocycles. The number of hydrogen-bond acceptors (Lipinski definition) is 6. The number of hydrogen-bond donors (Lipinski definition) is 0. The van der Waals surface area contributed by atoms with Crippen LogP contribution in [0.5, 0.6) is 5.75 Å². The molecular formula is C22H25FN2O5S. The van der Waals surface area contributed by atoms with Gasteiger partial charge in [0.05, 0.1) is 29.4 Å². The number of rotatable bonds is 5. The number of esters is 1. The van der Waals surface area contributed by atoms with Crippen molar-refractivity contribution in [3.8, 4) is 5.75 Å². The van der Waals surface area contributed by atoms with E-state index in [-0.39, 0.29) is 29.3 Å². The van der Waals surface area contributed by atoms with Crippen molar-refractivity contribution in [2.45, 2.75) is 24.2 Å². The molecule has 0 aliphatic carbocycles. The number of halogens is 1. The van der Waals surface area contributed by atoms with Gasteiger partial charge in [0.1, 0.15) is 11.6 Å². The highest BCUT2D eigenvalue weighted by Gasteiger charge is 2.29. The number of anilines is 1.